The Morgan fingerprint density at radius 2 is 2.07 bits per heavy atom. The summed E-state index contributed by atoms with van der Waals surface area (Å²) in [5, 5.41) is 5.95. The third-order valence-electron chi connectivity index (χ3n) is 4.86. The maximum absolute atomic E-state index is 12.5. The lowest BCUT2D eigenvalue weighted by Crippen LogP contribution is -2.52. The van der Waals surface area contributed by atoms with Crippen molar-refractivity contribution in [1.82, 2.24) is 5.32 Å². The summed E-state index contributed by atoms with van der Waals surface area (Å²) in [5.74, 6) is -1.41. The van der Waals surface area contributed by atoms with Crippen LogP contribution in [-0.4, -0.2) is 55.5 Å². The first-order chi connectivity index (χ1) is 13.6. The van der Waals surface area contributed by atoms with Gasteiger partial charge in [0.1, 0.15) is 18.3 Å². The Morgan fingerprint density at radius 1 is 1.34 bits per heavy atom. The van der Waals surface area contributed by atoms with Gasteiger partial charge in [-0.2, -0.15) is 0 Å². The number of nitrogens with one attached hydrogen (secondary N) is 2. The molecule has 0 bridgehead atoms. The summed E-state index contributed by atoms with van der Waals surface area (Å²) in [4.78, 5) is 24.1. The zero-order valence-corrected chi connectivity index (χ0v) is 17.5. The van der Waals surface area contributed by atoms with Crippen molar-refractivity contribution in [1.29, 1.82) is 0 Å². The summed E-state index contributed by atoms with van der Waals surface area (Å²) >= 11 is 6.09. The Labute approximate surface area is 174 Å². The molecule has 3 rings (SSSR count). The minimum atomic E-state index is -0.814. The molecule has 1 aromatic carbocycles. The molecule has 5 atom stereocenters. The minimum Gasteiger partial charge on any atom is -0.376 e. The number of aryl methyl sites for hydroxylation is 1. The van der Waals surface area contributed by atoms with Gasteiger partial charge in [-0.3, -0.25) is 4.79 Å². The Bertz CT molecular complexity index is 789. The fourth-order valence-corrected chi connectivity index (χ4v) is 3.75. The van der Waals surface area contributed by atoms with Crippen LogP contribution in [0.25, 0.3) is 0 Å². The second-order valence-electron chi connectivity index (χ2n) is 7.61. The highest BCUT2D eigenvalue weighted by atomic mass is 35.5. The molecule has 160 valence electrons. The van der Waals surface area contributed by atoms with Crippen molar-refractivity contribution < 1.29 is 28.5 Å². The van der Waals surface area contributed by atoms with Gasteiger partial charge in [0.25, 0.3) is 0 Å². The zero-order valence-electron chi connectivity index (χ0n) is 16.7. The number of hydrogen-bond acceptors (Lipinski definition) is 6. The molecule has 2 aliphatic heterocycles. The third kappa shape index (κ3) is 4.99. The lowest BCUT2D eigenvalue weighted by molar-refractivity contribution is -0.219. The van der Waals surface area contributed by atoms with Crippen molar-refractivity contribution >= 4 is 29.2 Å². The number of primary amides is 1. The molecule has 0 spiro atoms. The van der Waals surface area contributed by atoms with Crippen molar-refractivity contribution in [2.24, 2.45) is 5.73 Å². The highest BCUT2D eigenvalue weighted by Crippen LogP contribution is 2.39. The predicted molar refractivity (Wildman–Crippen MR) is 105 cm³/mol. The zero-order chi connectivity index (χ0) is 21.3. The van der Waals surface area contributed by atoms with E-state index in [2.05, 4.69) is 10.6 Å². The standard InChI is InChI=1S/C19H26ClN3O6/c1-9-5-6-10(7-11(9)20)22-18(25)23-12(8-13(21)24)14-15(26-4)16-17(27-14)29-19(2,3)28-16/h5-7,12,14-17H,8H2,1-4H3,(H2,21,24)(H2,22,23,25)/t12?,14?,15-,16+,17+/m1/s1. The number of anilines is 1. The number of benzene rings is 1. The average molecular weight is 428 g/mol. The Balaban J connectivity index is 1.71. The highest BCUT2D eigenvalue weighted by Gasteiger charge is 2.57. The molecule has 2 heterocycles. The van der Waals surface area contributed by atoms with E-state index >= 15 is 0 Å². The second-order valence-corrected chi connectivity index (χ2v) is 8.02. The van der Waals surface area contributed by atoms with Crippen LogP contribution in [0.3, 0.4) is 0 Å². The number of ether oxygens (including phenoxy) is 4. The van der Waals surface area contributed by atoms with Crippen LogP contribution in [0.5, 0.6) is 0 Å². The molecule has 9 nitrogen and oxygen atoms in total. The SMILES string of the molecule is CO[C@@H]1C(C(CC(N)=O)NC(=O)Nc2ccc(C)c(Cl)c2)O[C@H]2OC(C)(C)O[C@H]21. The Hall–Kier alpha value is -1.91. The largest absolute Gasteiger partial charge is 0.376 e. The molecule has 2 fully saturated rings. The van der Waals surface area contributed by atoms with Crippen LogP contribution >= 0.6 is 11.6 Å². The van der Waals surface area contributed by atoms with Crippen LogP contribution in [0.2, 0.25) is 5.02 Å². The monoisotopic (exact) mass is 427 g/mol. The number of carbonyl (C=O) groups is 2. The van der Waals surface area contributed by atoms with Crippen LogP contribution in [-0.2, 0) is 23.7 Å². The number of carbonyl (C=O) groups excluding carboxylic acids is 2. The molecule has 2 unspecified atom stereocenters. The molecule has 29 heavy (non-hydrogen) atoms. The Kier molecular flexibility index (Phi) is 6.35. The number of amides is 3. The number of nitrogens with two attached hydrogens (primary N) is 1. The van der Waals surface area contributed by atoms with Gasteiger partial charge in [-0.1, -0.05) is 17.7 Å². The van der Waals surface area contributed by atoms with Gasteiger partial charge in [0.2, 0.25) is 5.91 Å². The molecule has 4 N–H and O–H groups in total. The van der Waals surface area contributed by atoms with Gasteiger partial charge in [-0.15, -0.1) is 0 Å². The topological polar surface area (TPSA) is 121 Å². The van der Waals surface area contributed by atoms with Crippen LogP contribution in [0.4, 0.5) is 10.5 Å². The fourth-order valence-electron chi connectivity index (χ4n) is 3.57. The molecule has 10 heteroatoms. The van der Waals surface area contributed by atoms with Gasteiger partial charge in [0, 0.05) is 24.2 Å². The van der Waals surface area contributed by atoms with Crippen molar-refractivity contribution in [3.05, 3.63) is 28.8 Å². The quantitative estimate of drug-likeness (QED) is 0.637. The lowest BCUT2D eigenvalue weighted by atomic mass is 10.0. The molecular formula is C19H26ClN3O6. The molecule has 2 saturated heterocycles. The van der Waals surface area contributed by atoms with E-state index in [1.807, 2.05) is 6.92 Å². The molecule has 0 aliphatic carbocycles. The van der Waals surface area contributed by atoms with Crippen LogP contribution < -0.4 is 16.4 Å². The molecule has 2 aliphatic rings. The fraction of sp³-hybridized carbons (Fsp3) is 0.579. The van der Waals surface area contributed by atoms with Gasteiger partial charge in [0.15, 0.2) is 12.1 Å². The van der Waals surface area contributed by atoms with E-state index in [0.29, 0.717) is 10.7 Å². The first kappa shape index (κ1) is 21.8. The predicted octanol–water partition coefficient (Wildman–Crippen LogP) is 1.91. The number of hydrogen-bond donors (Lipinski definition) is 3. The normalized spacial score (nSPS) is 28.6. The van der Waals surface area contributed by atoms with Gasteiger partial charge in [-0.25, -0.2) is 4.79 Å². The van der Waals surface area contributed by atoms with E-state index in [4.69, 9.17) is 36.3 Å². The Morgan fingerprint density at radius 3 is 2.69 bits per heavy atom. The molecule has 0 aromatic heterocycles. The molecule has 0 saturated carbocycles. The summed E-state index contributed by atoms with van der Waals surface area (Å²) in [5.41, 5.74) is 6.79. The number of fused-ring (bicyclic) bond motifs is 1. The van der Waals surface area contributed by atoms with Gasteiger partial charge >= 0.3 is 6.03 Å². The average Bonchev–Trinajstić information content (AvgIpc) is 3.08. The van der Waals surface area contributed by atoms with E-state index in [1.54, 1.807) is 32.0 Å². The number of halogens is 1. The van der Waals surface area contributed by atoms with E-state index in [1.165, 1.54) is 7.11 Å². The van der Waals surface area contributed by atoms with Gasteiger partial charge < -0.3 is 35.3 Å². The summed E-state index contributed by atoms with van der Waals surface area (Å²) < 4.78 is 23.1. The van der Waals surface area contributed by atoms with Crippen LogP contribution in [0.1, 0.15) is 25.8 Å². The van der Waals surface area contributed by atoms with Crippen LogP contribution in [0, 0.1) is 6.92 Å². The van der Waals surface area contributed by atoms with Gasteiger partial charge in [-0.05, 0) is 38.5 Å². The van der Waals surface area contributed by atoms with E-state index < -0.39 is 48.4 Å². The number of methoxy groups -OCH3 is 1. The maximum atomic E-state index is 12.5. The van der Waals surface area contributed by atoms with E-state index in [-0.39, 0.29) is 6.42 Å². The first-order valence-corrected chi connectivity index (χ1v) is 9.63. The molecule has 1 aromatic rings. The van der Waals surface area contributed by atoms with E-state index in [0.717, 1.165) is 5.56 Å². The second kappa shape index (κ2) is 8.45. The van der Waals surface area contributed by atoms with Crippen molar-refractivity contribution in [2.75, 3.05) is 12.4 Å². The summed E-state index contributed by atoms with van der Waals surface area (Å²) in [6.07, 6.45) is -2.55. The molecule has 0 radical (unpaired) electrons. The maximum Gasteiger partial charge on any atom is 0.319 e. The highest BCUT2D eigenvalue weighted by molar-refractivity contribution is 6.31. The number of urea groups is 1. The van der Waals surface area contributed by atoms with Crippen molar-refractivity contribution in [2.45, 2.75) is 63.6 Å². The van der Waals surface area contributed by atoms with Crippen LogP contribution in [0.15, 0.2) is 18.2 Å². The first-order valence-electron chi connectivity index (χ1n) is 9.25. The summed E-state index contributed by atoms with van der Waals surface area (Å²) in [6.45, 7) is 5.41. The van der Waals surface area contributed by atoms with Gasteiger partial charge in [0.05, 0.1) is 6.04 Å². The number of rotatable bonds is 6. The van der Waals surface area contributed by atoms with E-state index in [9.17, 15) is 9.59 Å². The molecular weight excluding hydrogens is 402 g/mol. The molecule has 3 amide bonds. The van der Waals surface area contributed by atoms with Crippen molar-refractivity contribution in [3.63, 3.8) is 0 Å². The summed E-state index contributed by atoms with van der Waals surface area (Å²) in [7, 11) is 1.51. The smallest absolute Gasteiger partial charge is 0.319 e. The summed E-state index contributed by atoms with van der Waals surface area (Å²) in [6, 6.07) is 3.87. The third-order valence-corrected chi connectivity index (χ3v) is 5.27. The lowest BCUT2D eigenvalue weighted by Gasteiger charge is -2.30. The minimum absolute atomic E-state index is 0.143. The van der Waals surface area contributed by atoms with Crippen molar-refractivity contribution in [3.8, 4) is 0 Å².